The minimum Gasteiger partial charge on any atom is -0.484 e. The molecule has 0 radical (unpaired) electrons. The van der Waals surface area contributed by atoms with Crippen LogP contribution in [0.2, 0.25) is 5.02 Å². The van der Waals surface area contributed by atoms with Crippen LogP contribution in [0.5, 0.6) is 5.75 Å². The molecule has 1 aromatic heterocycles. The van der Waals surface area contributed by atoms with Crippen molar-refractivity contribution in [2.24, 2.45) is 11.0 Å². The third-order valence-corrected chi connectivity index (χ3v) is 5.47. The number of carbonyl (C=O) groups is 2. The molecule has 1 heterocycles. The van der Waals surface area contributed by atoms with Gasteiger partial charge < -0.3 is 14.5 Å². The van der Waals surface area contributed by atoms with Gasteiger partial charge in [0, 0.05) is 22.7 Å². The van der Waals surface area contributed by atoms with Crippen LogP contribution in [0.25, 0.3) is 11.3 Å². The molecule has 3 rings (SSSR count). The van der Waals surface area contributed by atoms with Crippen LogP contribution < -0.4 is 15.5 Å². The molecule has 0 bridgehead atoms. The number of benzene rings is 2. The SMILES string of the molecule is Cc1cc([N+](=O)[O-])ccc1-c1ccc(/C=N\NC(=O)[C@@H](CC(C)C)NC(=O)COc2ccc(Cl)cc2)o1. The third-order valence-electron chi connectivity index (χ3n) is 5.22. The molecule has 0 saturated carbocycles. The van der Waals surface area contributed by atoms with Crippen molar-refractivity contribution in [2.45, 2.75) is 33.2 Å². The zero-order valence-corrected chi connectivity index (χ0v) is 21.3. The highest BCUT2D eigenvalue weighted by Crippen LogP contribution is 2.28. The Morgan fingerprint density at radius 1 is 1.16 bits per heavy atom. The van der Waals surface area contributed by atoms with Gasteiger partial charge in [0.25, 0.3) is 17.5 Å². The van der Waals surface area contributed by atoms with Crippen molar-refractivity contribution in [3.8, 4) is 17.1 Å². The zero-order valence-electron chi connectivity index (χ0n) is 20.6. The summed E-state index contributed by atoms with van der Waals surface area (Å²) in [4.78, 5) is 35.5. The molecule has 0 aliphatic carbocycles. The Balaban J connectivity index is 1.58. The highest BCUT2D eigenvalue weighted by atomic mass is 35.5. The van der Waals surface area contributed by atoms with Crippen molar-refractivity contribution < 1.29 is 23.7 Å². The number of ether oxygens (including phenoxy) is 1. The Kier molecular flexibility index (Phi) is 9.39. The number of hydrogen-bond donors (Lipinski definition) is 2. The molecule has 10 nitrogen and oxygen atoms in total. The average Bonchev–Trinajstić information content (AvgIpc) is 3.31. The molecular formula is C26H27ClN4O6. The molecule has 0 fully saturated rings. The van der Waals surface area contributed by atoms with Crippen molar-refractivity contribution in [1.82, 2.24) is 10.7 Å². The largest absolute Gasteiger partial charge is 0.484 e. The lowest BCUT2D eigenvalue weighted by Crippen LogP contribution is -2.47. The number of nitrogens with zero attached hydrogens (tertiary/aromatic N) is 2. The first-order chi connectivity index (χ1) is 17.6. The van der Waals surface area contributed by atoms with Gasteiger partial charge >= 0.3 is 0 Å². The number of carbonyl (C=O) groups excluding carboxylic acids is 2. The fraction of sp³-hybridized carbons (Fsp3) is 0.269. The van der Waals surface area contributed by atoms with Crippen LogP contribution in [0.3, 0.4) is 0 Å². The number of nitrogens with one attached hydrogen (secondary N) is 2. The fourth-order valence-corrected chi connectivity index (χ4v) is 3.59. The molecule has 37 heavy (non-hydrogen) atoms. The number of rotatable bonds is 11. The van der Waals surface area contributed by atoms with Crippen molar-refractivity contribution in [3.63, 3.8) is 0 Å². The van der Waals surface area contributed by atoms with Crippen LogP contribution in [0.15, 0.2) is 64.1 Å². The van der Waals surface area contributed by atoms with Gasteiger partial charge in [-0.15, -0.1) is 0 Å². The number of nitro benzene ring substituents is 1. The quantitative estimate of drug-likeness (QED) is 0.208. The van der Waals surface area contributed by atoms with Gasteiger partial charge in [-0.2, -0.15) is 5.10 Å². The molecule has 0 spiro atoms. The number of furan rings is 1. The number of non-ortho nitro benzene ring substituents is 1. The number of halogens is 1. The molecule has 3 aromatic rings. The first-order valence-electron chi connectivity index (χ1n) is 11.5. The van der Waals surface area contributed by atoms with Gasteiger partial charge in [0.15, 0.2) is 6.61 Å². The molecule has 2 amide bonds. The van der Waals surface area contributed by atoms with Gasteiger partial charge in [-0.3, -0.25) is 19.7 Å². The molecule has 0 aliphatic rings. The van der Waals surface area contributed by atoms with Crippen LogP contribution in [-0.4, -0.2) is 35.6 Å². The maximum Gasteiger partial charge on any atom is 0.269 e. The van der Waals surface area contributed by atoms with E-state index >= 15 is 0 Å². The summed E-state index contributed by atoms with van der Waals surface area (Å²) in [6.07, 6.45) is 1.73. The second kappa shape index (κ2) is 12.7. The maximum absolute atomic E-state index is 12.7. The lowest BCUT2D eigenvalue weighted by molar-refractivity contribution is -0.384. The Labute approximate surface area is 218 Å². The number of amides is 2. The molecule has 0 unspecified atom stereocenters. The van der Waals surface area contributed by atoms with Crippen LogP contribution in [0.1, 0.15) is 31.6 Å². The molecule has 11 heteroatoms. The predicted molar refractivity (Wildman–Crippen MR) is 140 cm³/mol. The van der Waals surface area contributed by atoms with Crippen LogP contribution in [0, 0.1) is 23.0 Å². The highest BCUT2D eigenvalue weighted by molar-refractivity contribution is 6.30. The van der Waals surface area contributed by atoms with E-state index in [4.69, 9.17) is 20.8 Å². The maximum atomic E-state index is 12.7. The summed E-state index contributed by atoms with van der Waals surface area (Å²) in [6.45, 7) is 5.36. The van der Waals surface area contributed by atoms with Gasteiger partial charge in [-0.25, -0.2) is 5.43 Å². The summed E-state index contributed by atoms with van der Waals surface area (Å²) >= 11 is 5.84. The monoisotopic (exact) mass is 526 g/mol. The summed E-state index contributed by atoms with van der Waals surface area (Å²) in [6, 6.07) is 13.6. The summed E-state index contributed by atoms with van der Waals surface area (Å²) in [5.74, 6) is 0.557. The normalized spacial score (nSPS) is 11.9. The van der Waals surface area contributed by atoms with E-state index in [0.29, 0.717) is 39.8 Å². The van der Waals surface area contributed by atoms with E-state index in [0.717, 1.165) is 0 Å². The first-order valence-corrected chi connectivity index (χ1v) is 11.9. The van der Waals surface area contributed by atoms with Crippen molar-refractivity contribution in [3.05, 3.63) is 81.1 Å². The molecule has 0 saturated heterocycles. The fourth-order valence-electron chi connectivity index (χ4n) is 3.46. The second-order valence-electron chi connectivity index (χ2n) is 8.68. The summed E-state index contributed by atoms with van der Waals surface area (Å²) in [5.41, 5.74) is 3.82. The van der Waals surface area contributed by atoms with Crippen molar-refractivity contribution >= 4 is 35.3 Å². The van der Waals surface area contributed by atoms with E-state index in [2.05, 4.69) is 15.8 Å². The van der Waals surface area contributed by atoms with Gasteiger partial charge in [0.05, 0.1) is 11.1 Å². The van der Waals surface area contributed by atoms with Gasteiger partial charge in [0.2, 0.25) is 0 Å². The Morgan fingerprint density at radius 2 is 1.89 bits per heavy atom. The molecule has 2 N–H and O–H groups in total. The molecule has 0 aliphatic heterocycles. The summed E-state index contributed by atoms with van der Waals surface area (Å²) < 4.78 is 11.2. The zero-order chi connectivity index (χ0) is 26.9. The number of aryl methyl sites for hydroxylation is 1. The predicted octanol–water partition coefficient (Wildman–Crippen LogP) is 4.88. The number of hydrazone groups is 1. The molecular weight excluding hydrogens is 500 g/mol. The van der Waals surface area contributed by atoms with Crippen LogP contribution in [0.4, 0.5) is 5.69 Å². The van der Waals surface area contributed by atoms with Crippen molar-refractivity contribution in [1.29, 1.82) is 0 Å². The smallest absolute Gasteiger partial charge is 0.269 e. The third kappa shape index (κ3) is 8.18. The Hall–Kier alpha value is -4.18. The molecule has 2 aromatic carbocycles. The standard InChI is InChI=1S/C26H27ClN4O6/c1-16(2)12-23(29-25(32)15-36-20-7-4-18(27)5-8-20)26(33)30-28-14-21-9-11-24(37-21)22-10-6-19(31(34)35)13-17(22)3/h4-11,13-14,16,23H,12,15H2,1-3H3,(H,29,32)(H,30,33)/b28-14-/t23-/m1/s1. The topological polar surface area (TPSA) is 136 Å². The summed E-state index contributed by atoms with van der Waals surface area (Å²) in [7, 11) is 0. The van der Waals surface area contributed by atoms with E-state index in [1.807, 2.05) is 13.8 Å². The van der Waals surface area contributed by atoms with E-state index in [-0.39, 0.29) is 18.2 Å². The Morgan fingerprint density at radius 3 is 2.54 bits per heavy atom. The Bertz CT molecular complexity index is 1290. The van der Waals surface area contributed by atoms with Crippen LogP contribution in [-0.2, 0) is 9.59 Å². The number of nitro groups is 1. The minimum absolute atomic E-state index is 0.00288. The first kappa shape index (κ1) is 27.4. The van der Waals surface area contributed by atoms with E-state index < -0.39 is 22.8 Å². The molecule has 194 valence electrons. The summed E-state index contributed by atoms with van der Waals surface area (Å²) in [5, 5.41) is 18.1. The van der Waals surface area contributed by atoms with Crippen LogP contribution >= 0.6 is 11.6 Å². The van der Waals surface area contributed by atoms with E-state index in [9.17, 15) is 19.7 Å². The van der Waals surface area contributed by atoms with Gasteiger partial charge in [-0.05, 0) is 67.3 Å². The number of hydrogen-bond acceptors (Lipinski definition) is 7. The lowest BCUT2D eigenvalue weighted by Gasteiger charge is -2.19. The second-order valence-corrected chi connectivity index (χ2v) is 9.12. The van der Waals surface area contributed by atoms with Gasteiger partial charge in [0.1, 0.15) is 23.3 Å². The minimum atomic E-state index is -0.812. The van der Waals surface area contributed by atoms with Gasteiger partial charge in [-0.1, -0.05) is 25.4 Å². The highest BCUT2D eigenvalue weighted by Gasteiger charge is 2.22. The average molecular weight is 527 g/mol. The van der Waals surface area contributed by atoms with E-state index in [1.165, 1.54) is 18.3 Å². The lowest BCUT2D eigenvalue weighted by atomic mass is 10.0. The van der Waals surface area contributed by atoms with Crippen molar-refractivity contribution in [2.75, 3.05) is 6.61 Å². The van der Waals surface area contributed by atoms with E-state index in [1.54, 1.807) is 49.4 Å². The molecule has 1 atom stereocenters.